The summed E-state index contributed by atoms with van der Waals surface area (Å²) in [6.07, 6.45) is 1.55. The number of aryl methyl sites for hydroxylation is 1. The van der Waals surface area contributed by atoms with Crippen molar-refractivity contribution in [2.24, 2.45) is 0 Å². The van der Waals surface area contributed by atoms with Crippen LogP contribution in [0.2, 0.25) is 0 Å². The fraction of sp³-hybridized carbons (Fsp3) is 0.294. The largest absolute Gasteiger partial charge is 0.353 e. The highest BCUT2D eigenvalue weighted by atomic mass is 16.6. The minimum absolute atomic E-state index is 0.0632. The van der Waals surface area contributed by atoms with Gasteiger partial charge in [0.25, 0.3) is 0 Å². The van der Waals surface area contributed by atoms with Crippen LogP contribution in [0.4, 0.5) is 23.0 Å². The Hall–Kier alpha value is -3.72. The lowest BCUT2D eigenvalue weighted by Crippen LogP contribution is -2.27. The molecule has 0 saturated carbocycles. The molecule has 1 aromatic carbocycles. The van der Waals surface area contributed by atoms with Gasteiger partial charge in [-0.05, 0) is 18.6 Å². The Morgan fingerprint density at radius 1 is 1.19 bits per heavy atom. The van der Waals surface area contributed by atoms with Gasteiger partial charge in [0.2, 0.25) is 11.6 Å². The molecule has 1 N–H and O–H groups in total. The molecule has 0 aliphatic heterocycles. The number of nitro groups is 1. The first-order chi connectivity index (χ1) is 12.6. The van der Waals surface area contributed by atoms with Crippen LogP contribution in [0.15, 0.2) is 30.6 Å². The number of para-hydroxylation sites is 1. The summed E-state index contributed by atoms with van der Waals surface area (Å²) in [5, 5.41) is 32.3. The quantitative estimate of drug-likeness (QED) is 0.567. The summed E-state index contributed by atoms with van der Waals surface area (Å²) >= 11 is 0. The monoisotopic (exact) mass is 351 g/mol. The number of aromatic nitrogens is 2. The third kappa shape index (κ3) is 4.42. The number of nitriles is 2. The number of anilines is 3. The molecule has 0 aliphatic rings. The van der Waals surface area contributed by atoms with Crippen LogP contribution in [0, 0.1) is 39.7 Å². The van der Waals surface area contributed by atoms with Gasteiger partial charge in [-0.15, -0.1) is 0 Å². The van der Waals surface area contributed by atoms with Crippen LogP contribution in [-0.2, 0) is 0 Å². The maximum Gasteiger partial charge on any atom is 0.353 e. The van der Waals surface area contributed by atoms with Crippen LogP contribution in [0.3, 0.4) is 0 Å². The minimum atomic E-state index is -0.554. The number of nitrogens with zero attached hydrogens (tertiary/aromatic N) is 6. The van der Waals surface area contributed by atoms with Gasteiger partial charge in [-0.3, -0.25) is 10.1 Å². The van der Waals surface area contributed by atoms with Gasteiger partial charge in [0.15, 0.2) is 0 Å². The van der Waals surface area contributed by atoms with E-state index in [4.69, 9.17) is 10.5 Å². The highest BCUT2D eigenvalue weighted by Gasteiger charge is 2.27. The number of hydrogen-bond acceptors (Lipinski definition) is 8. The molecular weight excluding hydrogens is 334 g/mol. The first-order valence-corrected chi connectivity index (χ1v) is 7.89. The lowest BCUT2D eigenvalue weighted by molar-refractivity contribution is -0.383. The summed E-state index contributed by atoms with van der Waals surface area (Å²) in [5.74, 6) is 0.153. The average molecular weight is 351 g/mol. The fourth-order valence-corrected chi connectivity index (χ4v) is 2.39. The Bertz CT molecular complexity index is 852. The van der Waals surface area contributed by atoms with Gasteiger partial charge >= 0.3 is 5.69 Å². The molecule has 0 saturated heterocycles. The molecule has 0 spiro atoms. The average Bonchev–Trinajstić information content (AvgIpc) is 2.63. The van der Waals surface area contributed by atoms with Gasteiger partial charge in [-0.25, -0.2) is 9.97 Å². The molecule has 0 unspecified atom stereocenters. The first-order valence-electron chi connectivity index (χ1n) is 7.89. The molecule has 2 rings (SSSR count). The molecule has 9 heteroatoms. The summed E-state index contributed by atoms with van der Waals surface area (Å²) < 4.78 is 0. The van der Waals surface area contributed by atoms with E-state index < -0.39 is 4.92 Å². The van der Waals surface area contributed by atoms with Crippen molar-refractivity contribution in [2.75, 3.05) is 23.3 Å². The molecule has 2 aromatic rings. The van der Waals surface area contributed by atoms with Crippen molar-refractivity contribution in [3.63, 3.8) is 0 Å². The van der Waals surface area contributed by atoms with E-state index in [2.05, 4.69) is 15.3 Å². The molecule has 0 fully saturated rings. The first kappa shape index (κ1) is 18.6. The van der Waals surface area contributed by atoms with Gasteiger partial charge in [0.1, 0.15) is 6.33 Å². The molecule has 0 aliphatic carbocycles. The third-order valence-electron chi connectivity index (χ3n) is 3.67. The maximum atomic E-state index is 11.7. The van der Waals surface area contributed by atoms with Crippen molar-refractivity contribution in [1.82, 2.24) is 9.97 Å². The normalized spacial score (nSPS) is 9.81. The van der Waals surface area contributed by atoms with Gasteiger partial charge in [-0.1, -0.05) is 18.2 Å². The van der Waals surface area contributed by atoms with E-state index in [9.17, 15) is 10.1 Å². The van der Waals surface area contributed by atoms with Crippen LogP contribution >= 0.6 is 0 Å². The highest BCUT2D eigenvalue weighted by Crippen LogP contribution is 2.34. The summed E-state index contributed by atoms with van der Waals surface area (Å²) in [4.78, 5) is 20.8. The number of rotatable bonds is 8. The van der Waals surface area contributed by atoms with E-state index in [1.807, 2.05) is 37.3 Å². The molecule has 26 heavy (non-hydrogen) atoms. The molecule has 0 bridgehead atoms. The Labute approximate surface area is 150 Å². The molecule has 1 heterocycles. The number of nitrogens with one attached hydrogen (secondary N) is 1. The van der Waals surface area contributed by atoms with Gasteiger partial charge in [0, 0.05) is 18.8 Å². The fourth-order valence-electron chi connectivity index (χ4n) is 2.39. The van der Waals surface area contributed by atoms with Crippen molar-refractivity contribution in [1.29, 1.82) is 10.5 Å². The Morgan fingerprint density at radius 3 is 2.42 bits per heavy atom. The summed E-state index contributed by atoms with van der Waals surface area (Å²) in [6.45, 7) is 2.35. The molecule has 0 atom stereocenters. The Balaban J connectivity index is 2.46. The Kier molecular flexibility index (Phi) is 6.40. The van der Waals surface area contributed by atoms with E-state index in [-0.39, 0.29) is 43.3 Å². The van der Waals surface area contributed by atoms with Crippen LogP contribution in [0.1, 0.15) is 18.4 Å². The third-order valence-corrected chi connectivity index (χ3v) is 3.67. The van der Waals surface area contributed by atoms with E-state index >= 15 is 0 Å². The number of hydrogen-bond donors (Lipinski definition) is 1. The SMILES string of the molecule is Cc1ccccc1Nc1ncnc(N(CCC#N)CCC#N)c1[N+](=O)[O-]. The second-order valence-electron chi connectivity index (χ2n) is 5.39. The molecule has 1 aromatic heterocycles. The van der Waals surface area contributed by atoms with E-state index in [1.165, 1.54) is 6.33 Å². The van der Waals surface area contributed by atoms with Gasteiger partial charge in [-0.2, -0.15) is 10.5 Å². The standard InChI is InChI=1S/C17H17N7O2/c1-13-6-2-3-7-14(13)22-16-15(24(25)26)17(21-12-20-16)23(10-4-8-18)11-5-9-19/h2-3,6-7,12H,4-5,10-11H2,1H3,(H,20,21,22). The van der Waals surface area contributed by atoms with E-state index in [1.54, 1.807) is 11.0 Å². The van der Waals surface area contributed by atoms with E-state index in [0.717, 1.165) is 5.56 Å². The topological polar surface area (TPSA) is 132 Å². The summed E-state index contributed by atoms with van der Waals surface area (Å²) in [7, 11) is 0. The zero-order chi connectivity index (χ0) is 18.9. The Morgan fingerprint density at radius 2 is 1.85 bits per heavy atom. The highest BCUT2D eigenvalue weighted by molar-refractivity contribution is 5.75. The van der Waals surface area contributed by atoms with Crippen LogP contribution in [0.5, 0.6) is 0 Å². The van der Waals surface area contributed by atoms with E-state index in [0.29, 0.717) is 5.69 Å². The molecule has 9 nitrogen and oxygen atoms in total. The van der Waals surface area contributed by atoms with Crippen LogP contribution < -0.4 is 10.2 Å². The predicted molar refractivity (Wildman–Crippen MR) is 95.8 cm³/mol. The smallest absolute Gasteiger partial charge is 0.349 e. The van der Waals surface area contributed by atoms with Crippen molar-refractivity contribution in [3.05, 3.63) is 46.3 Å². The molecular formula is C17H17N7O2. The van der Waals surface area contributed by atoms with Crippen molar-refractivity contribution < 1.29 is 4.92 Å². The van der Waals surface area contributed by atoms with Crippen molar-refractivity contribution >= 4 is 23.0 Å². The van der Waals surface area contributed by atoms with Crippen LogP contribution in [0.25, 0.3) is 0 Å². The van der Waals surface area contributed by atoms with Gasteiger partial charge in [0.05, 0.1) is 29.9 Å². The summed E-state index contributed by atoms with van der Waals surface area (Å²) in [6, 6.07) is 11.4. The predicted octanol–water partition coefficient (Wildman–Crippen LogP) is 3.07. The van der Waals surface area contributed by atoms with Crippen molar-refractivity contribution in [2.45, 2.75) is 19.8 Å². The second-order valence-corrected chi connectivity index (χ2v) is 5.39. The summed E-state index contributed by atoms with van der Waals surface area (Å²) in [5.41, 5.74) is 1.32. The molecule has 0 radical (unpaired) electrons. The number of benzene rings is 1. The zero-order valence-corrected chi connectivity index (χ0v) is 14.2. The minimum Gasteiger partial charge on any atom is -0.349 e. The van der Waals surface area contributed by atoms with Gasteiger partial charge < -0.3 is 10.2 Å². The van der Waals surface area contributed by atoms with Crippen molar-refractivity contribution in [3.8, 4) is 12.1 Å². The van der Waals surface area contributed by atoms with Crippen LogP contribution in [-0.4, -0.2) is 28.0 Å². The maximum absolute atomic E-state index is 11.7. The molecule has 132 valence electrons. The lowest BCUT2D eigenvalue weighted by atomic mass is 10.2. The molecule has 0 amide bonds. The second kappa shape index (κ2) is 8.94. The lowest BCUT2D eigenvalue weighted by Gasteiger charge is -2.21. The zero-order valence-electron chi connectivity index (χ0n) is 14.2.